The Morgan fingerprint density at radius 3 is 2.29 bits per heavy atom. The maximum absolute atomic E-state index is 11.8. The van der Waals surface area contributed by atoms with Gasteiger partial charge in [0.25, 0.3) is 0 Å². The third-order valence-electron chi connectivity index (χ3n) is 2.10. The van der Waals surface area contributed by atoms with E-state index in [-0.39, 0.29) is 18.3 Å². The van der Waals surface area contributed by atoms with Crippen LogP contribution in [0.1, 0.15) is 20.3 Å². The summed E-state index contributed by atoms with van der Waals surface area (Å²) < 4.78 is 9.47. The lowest BCUT2D eigenvalue weighted by Gasteiger charge is -2.20. The van der Waals surface area contributed by atoms with Crippen LogP contribution in [-0.2, 0) is 19.1 Å². The summed E-state index contributed by atoms with van der Waals surface area (Å²) in [5, 5.41) is 0. The van der Waals surface area contributed by atoms with E-state index in [0.29, 0.717) is 19.7 Å². The molecule has 0 saturated carbocycles. The van der Waals surface area contributed by atoms with Crippen LogP contribution in [0.25, 0.3) is 0 Å². The van der Waals surface area contributed by atoms with Gasteiger partial charge in [0, 0.05) is 26.3 Å². The Labute approximate surface area is 102 Å². The molecule has 0 rings (SSSR count). The summed E-state index contributed by atoms with van der Waals surface area (Å²) in [4.78, 5) is 24.4. The molecule has 0 N–H and O–H groups in total. The number of carbonyl (C=O) groups excluding carboxylic acids is 2. The van der Waals surface area contributed by atoms with Gasteiger partial charge in [0.2, 0.25) is 5.91 Å². The number of allylic oxidation sites excluding steroid dienone is 1. The van der Waals surface area contributed by atoms with Crippen LogP contribution in [0.3, 0.4) is 0 Å². The van der Waals surface area contributed by atoms with E-state index in [0.717, 1.165) is 5.57 Å². The van der Waals surface area contributed by atoms with Crippen LogP contribution in [0.15, 0.2) is 11.6 Å². The van der Waals surface area contributed by atoms with Gasteiger partial charge >= 0.3 is 5.97 Å². The highest BCUT2D eigenvalue weighted by Crippen LogP contribution is 1.99. The zero-order chi connectivity index (χ0) is 13.3. The normalized spacial score (nSPS) is 9.65. The monoisotopic (exact) mass is 243 g/mol. The fourth-order valence-electron chi connectivity index (χ4n) is 1.20. The zero-order valence-corrected chi connectivity index (χ0v) is 11.0. The molecule has 5 heteroatoms. The van der Waals surface area contributed by atoms with E-state index >= 15 is 0 Å². The van der Waals surface area contributed by atoms with Crippen molar-refractivity contribution in [2.24, 2.45) is 0 Å². The van der Waals surface area contributed by atoms with Crippen molar-refractivity contribution >= 4 is 11.9 Å². The van der Waals surface area contributed by atoms with Gasteiger partial charge in [-0.3, -0.25) is 9.59 Å². The molecule has 0 fully saturated rings. The molecule has 0 aliphatic carbocycles. The highest BCUT2D eigenvalue weighted by molar-refractivity contribution is 5.88. The molecule has 0 aliphatic heterocycles. The highest BCUT2D eigenvalue weighted by Gasteiger charge is 2.12. The topological polar surface area (TPSA) is 55.8 Å². The van der Waals surface area contributed by atoms with Gasteiger partial charge in [0.15, 0.2) is 0 Å². The summed E-state index contributed by atoms with van der Waals surface area (Å²) in [6, 6.07) is 0. The third-order valence-corrected chi connectivity index (χ3v) is 2.10. The fraction of sp³-hybridized carbons (Fsp3) is 0.667. The van der Waals surface area contributed by atoms with E-state index in [1.165, 1.54) is 7.11 Å². The second-order valence-electron chi connectivity index (χ2n) is 3.87. The highest BCUT2D eigenvalue weighted by atomic mass is 16.5. The molecule has 17 heavy (non-hydrogen) atoms. The third kappa shape index (κ3) is 7.52. The molecular weight excluding hydrogens is 222 g/mol. The van der Waals surface area contributed by atoms with Gasteiger partial charge in [-0.25, -0.2) is 0 Å². The van der Waals surface area contributed by atoms with Gasteiger partial charge in [-0.1, -0.05) is 5.57 Å². The Bertz CT molecular complexity index is 282. The minimum Gasteiger partial charge on any atom is -0.469 e. The lowest BCUT2D eigenvalue weighted by molar-refractivity contribution is -0.141. The Morgan fingerprint density at radius 2 is 1.82 bits per heavy atom. The van der Waals surface area contributed by atoms with Crippen molar-refractivity contribution in [1.29, 1.82) is 0 Å². The van der Waals surface area contributed by atoms with E-state index in [2.05, 4.69) is 4.74 Å². The number of carbonyl (C=O) groups is 2. The number of amides is 1. The van der Waals surface area contributed by atoms with Crippen molar-refractivity contribution in [3.8, 4) is 0 Å². The number of hydrogen-bond donors (Lipinski definition) is 0. The van der Waals surface area contributed by atoms with E-state index in [9.17, 15) is 9.59 Å². The smallest absolute Gasteiger partial charge is 0.307 e. The SMILES string of the molecule is COCCN(CCC(=O)OC)C(=O)C=C(C)C. The lowest BCUT2D eigenvalue weighted by Crippen LogP contribution is -2.34. The van der Waals surface area contributed by atoms with Gasteiger partial charge in [-0.2, -0.15) is 0 Å². The van der Waals surface area contributed by atoms with Crippen LogP contribution in [-0.4, -0.2) is 50.7 Å². The average molecular weight is 243 g/mol. The lowest BCUT2D eigenvalue weighted by atomic mass is 10.3. The molecule has 0 spiro atoms. The zero-order valence-electron chi connectivity index (χ0n) is 11.0. The van der Waals surface area contributed by atoms with Crippen molar-refractivity contribution in [2.75, 3.05) is 33.9 Å². The van der Waals surface area contributed by atoms with Crippen LogP contribution in [0.5, 0.6) is 0 Å². The largest absolute Gasteiger partial charge is 0.469 e. The van der Waals surface area contributed by atoms with Crippen LogP contribution < -0.4 is 0 Å². The van der Waals surface area contributed by atoms with E-state index in [1.54, 1.807) is 18.1 Å². The maximum Gasteiger partial charge on any atom is 0.307 e. The Morgan fingerprint density at radius 1 is 1.18 bits per heavy atom. The van der Waals surface area contributed by atoms with Gasteiger partial charge < -0.3 is 14.4 Å². The molecule has 0 heterocycles. The number of esters is 1. The first-order valence-electron chi connectivity index (χ1n) is 5.50. The van der Waals surface area contributed by atoms with Gasteiger partial charge in [-0.05, 0) is 13.8 Å². The molecule has 0 aromatic heterocycles. The summed E-state index contributed by atoms with van der Waals surface area (Å²) >= 11 is 0. The number of ether oxygens (including phenoxy) is 2. The predicted molar refractivity (Wildman–Crippen MR) is 64.5 cm³/mol. The first-order valence-corrected chi connectivity index (χ1v) is 5.50. The van der Waals surface area contributed by atoms with E-state index in [4.69, 9.17) is 4.74 Å². The summed E-state index contributed by atoms with van der Waals surface area (Å²) in [5.74, 6) is -0.427. The Balaban J connectivity index is 4.36. The molecule has 98 valence electrons. The van der Waals surface area contributed by atoms with E-state index in [1.807, 2.05) is 13.8 Å². The molecule has 0 radical (unpaired) electrons. The van der Waals surface area contributed by atoms with Crippen molar-refractivity contribution in [2.45, 2.75) is 20.3 Å². The standard InChI is InChI=1S/C12H21NO4/c1-10(2)9-11(14)13(7-8-16-3)6-5-12(15)17-4/h9H,5-8H2,1-4H3. The molecule has 0 aliphatic rings. The number of rotatable bonds is 7. The van der Waals surface area contributed by atoms with Crippen LogP contribution >= 0.6 is 0 Å². The summed E-state index contributed by atoms with van der Waals surface area (Å²) in [5.41, 5.74) is 0.926. The molecule has 5 nitrogen and oxygen atoms in total. The molecule has 0 aromatic carbocycles. The maximum atomic E-state index is 11.8. The molecule has 1 amide bonds. The molecule has 0 aromatic rings. The fourth-order valence-corrected chi connectivity index (χ4v) is 1.20. The van der Waals surface area contributed by atoms with Crippen molar-refractivity contribution < 1.29 is 19.1 Å². The first kappa shape index (κ1) is 15.6. The Kier molecular flexibility index (Phi) is 8.05. The summed E-state index contributed by atoms with van der Waals surface area (Å²) in [7, 11) is 2.91. The van der Waals surface area contributed by atoms with Crippen molar-refractivity contribution in [1.82, 2.24) is 4.90 Å². The van der Waals surface area contributed by atoms with E-state index < -0.39 is 0 Å². The van der Waals surface area contributed by atoms with Crippen LogP contribution in [0.2, 0.25) is 0 Å². The van der Waals surface area contributed by atoms with Crippen molar-refractivity contribution in [3.05, 3.63) is 11.6 Å². The minimum absolute atomic E-state index is 0.106. The van der Waals surface area contributed by atoms with Crippen molar-refractivity contribution in [3.63, 3.8) is 0 Å². The average Bonchev–Trinajstić information content (AvgIpc) is 2.27. The quantitative estimate of drug-likeness (QED) is 0.494. The second-order valence-corrected chi connectivity index (χ2v) is 3.87. The molecule has 0 atom stereocenters. The molecule has 0 unspecified atom stereocenters. The Hall–Kier alpha value is -1.36. The predicted octanol–water partition coefficient (Wildman–Crippen LogP) is 0.991. The summed E-state index contributed by atoms with van der Waals surface area (Å²) in [6.45, 7) is 4.97. The molecule has 0 saturated heterocycles. The molecular formula is C12H21NO4. The van der Waals surface area contributed by atoms with Gasteiger partial charge in [0.05, 0.1) is 20.1 Å². The second kappa shape index (κ2) is 8.75. The van der Waals surface area contributed by atoms with Gasteiger partial charge in [-0.15, -0.1) is 0 Å². The first-order chi connectivity index (χ1) is 8.01. The minimum atomic E-state index is -0.322. The van der Waals surface area contributed by atoms with Crippen LogP contribution in [0, 0.1) is 0 Å². The van der Waals surface area contributed by atoms with Crippen LogP contribution in [0.4, 0.5) is 0 Å². The number of methoxy groups -OCH3 is 2. The summed E-state index contributed by atoms with van der Waals surface area (Å²) in [6.07, 6.45) is 1.75. The van der Waals surface area contributed by atoms with Gasteiger partial charge in [0.1, 0.15) is 0 Å². The molecule has 0 bridgehead atoms. The number of hydrogen-bond acceptors (Lipinski definition) is 4. The number of nitrogens with zero attached hydrogens (tertiary/aromatic N) is 1.